The van der Waals surface area contributed by atoms with Gasteiger partial charge in [-0.3, -0.25) is 9.59 Å². The van der Waals surface area contributed by atoms with Gasteiger partial charge in [0.15, 0.2) is 0 Å². The summed E-state index contributed by atoms with van der Waals surface area (Å²) in [6.07, 6.45) is 4.01. The monoisotopic (exact) mass is 298 g/mol. The van der Waals surface area contributed by atoms with E-state index in [1.807, 2.05) is 20.8 Å². The lowest BCUT2D eigenvalue weighted by Crippen LogP contribution is -2.70. The maximum absolute atomic E-state index is 12.6. The second-order valence-corrected chi connectivity index (χ2v) is 5.63. The second kappa shape index (κ2) is 8.37. The molecular formula is C16H30N2O3. The molecule has 0 aromatic rings. The fourth-order valence-corrected chi connectivity index (χ4v) is 2.93. The molecule has 0 bridgehead atoms. The molecule has 1 N–H and O–H groups in total. The van der Waals surface area contributed by atoms with E-state index < -0.39 is 5.54 Å². The van der Waals surface area contributed by atoms with Crippen LogP contribution in [0, 0.1) is 0 Å². The Labute approximate surface area is 128 Å². The predicted molar refractivity (Wildman–Crippen MR) is 83.0 cm³/mol. The van der Waals surface area contributed by atoms with Crippen LogP contribution in [-0.2, 0) is 14.3 Å². The molecule has 0 saturated carbocycles. The topological polar surface area (TPSA) is 58.6 Å². The normalized spacial score (nSPS) is 21.5. The molecule has 1 heterocycles. The number of hydrogen-bond donors (Lipinski definition) is 1. The highest BCUT2D eigenvalue weighted by Crippen LogP contribution is 2.29. The van der Waals surface area contributed by atoms with Gasteiger partial charge in [0, 0.05) is 13.2 Å². The van der Waals surface area contributed by atoms with E-state index in [1.54, 1.807) is 4.90 Å². The molecule has 2 amide bonds. The maximum Gasteiger partial charge on any atom is 0.246 e. The fourth-order valence-electron chi connectivity index (χ4n) is 2.93. The summed E-state index contributed by atoms with van der Waals surface area (Å²) >= 11 is 0. The summed E-state index contributed by atoms with van der Waals surface area (Å²) in [5, 5.41) is 2.88. The average Bonchev–Trinajstić information content (AvgIpc) is 2.50. The van der Waals surface area contributed by atoms with Crippen LogP contribution in [0.2, 0.25) is 0 Å². The van der Waals surface area contributed by atoms with Gasteiger partial charge < -0.3 is 15.0 Å². The van der Waals surface area contributed by atoms with E-state index in [2.05, 4.69) is 12.2 Å². The molecule has 0 aliphatic carbocycles. The van der Waals surface area contributed by atoms with Crippen LogP contribution in [0.15, 0.2) is 0 Å². The van der Waals surface area contributed by atoms with Gasteiger partial charge in [0.2, 0.25) is 11.8 Å². The maximum atomic E-state index is 12.6. The number of nitrogens with zero attached hydrogens (tertiary/aromatic N) is 1. The van der Waals surface area contributed by atoms with Gasteiger partial charge in [-0.25, -0.2) is 0 Å². The van der Waals surface area contributed by atoms with E-state index >= 15 is 0 Å². The van der Waals surface area contributed by atoms with Crippen molar-refractivity contribution in [2.75, 3.05) is 19.8 Å². The van der Waals surface area contributed by atoms with Crippen molar-refractivity contribution in [1.82, 2.24) is 10.2 Å². The van der Waals surface area contributed by atoms with Crippen molar-refractivity contribution in [2.24, 2.45) is 0 Å². The van der Waals surface area contributed by atoms with Crippen LogP contribution in [0.5, 0.6) is 0 Å². The molecule has 1 aliphatic rings. The van der Waals surface area contributed by atoms with Crippen molar-refractivity contribution < 1.29 is 14.3 Å². The Kier molecular flexibility index (Phi) is 7.15. The Morgan fingerprint density at radius 3 is 2.33 bits per heavy atom. The summed E-state index contributed by atoms with van der Waals surface area (Å²) in [6, 6.07) is -0.389. The fraction of sp³-hybridized carbons (Fsp3) is 0.875. The van der Waals surface area contributed by atoms with Gasteiger partial charge >= 0.3 is 0 Å². The van der Waals surface area contributed by atoms with E-state index in [4.69, 9.17) is 4.74 Å². The number of carbonyl (C=O) groups excluding carboxylic acids is 2. The number of nitrogens with one attached hydrogen (secondary N) is 1. The number of piperazine rings is 1. The highest BCUT2D eigenvalue weighted by molar-refractivity contribution is 5.99. The van der Waals surface area contributed by atoms with Gasteiger partial charge in [-0.05, 0) is 25.7 Å². The van der Waals surface area contributed by atoms with Gasteiger partial charge in [0.05, 0.1) is 6.61 Å². The molecule has 1 rings (SSSR count). The number of rotatable bonds is 9. The number of hydrogen-bond acceptors (Lipinski definition) is 3. The lowest BCUT2D eigenvalue weighted by Gasteiger charge is -2.47. The third kappa shape index (κ3) is 3.76. The first-order chi connectivity index (χ1) is 10.1. The molecule has 122 valence electrons. The van der Waals surface area contributed by atoms with Crippen molar-refractivity contribution in [3.8, 4) is 0 Å². The van der Waals surface area contributed by atoms with Crippen molar-refractivity contribution in [3.63, 3.8) is 0 Å². The summed E-state index contributed by atoms with van der Waals surface area (Å²) in [4.78, 5) is 26.9. The molecule has 1 saturated heterocycles. The molecule has 1 fully saturated rings. The summed E-state index contributed by atoms with van der Waals surface area (Å²) in [6.45, 7) is 9.68. The molecule has 1 aliphatic heterocycles. The molecule has 5 nitrogen and oxygen atoms in total. The second-order valence-electron chi connectivity index (χ2n) is 5.63. The van der Waals surface area contributed by atoms with Gasteiger partial charge in [-0.15, -0.1) is 0 Å². The van der Waals surface area contributed by atoms with Crippen LogP contribution in [-0.4, -0.2) is 48.1 Å². The summed E-state index contributed by atoms with van der Waals surface area (Å²) in [7, 11) is 0. The third-order valence-electron chi connectivity index (χ3n) is 4.49. The van der Waals surface area contributed by atoms with Gasteiger partial charge in [0.1, 0.15) is 11.6 Å². The minimum atomic E-state index is -0.711. The van der Waals surface area contributed by atoms with Crippen molar-refractivity contribution >= 4 is 11.8 Å². The quantitative estimate of drug-likeness (QED) is 0.663. The molecule has 0 aromatic carbocycles. The number of unbranched alkanes of at least 4 members (excludes halogenated alkanes) is 1. The van der Waals surface area contributed by atoms with E-state index in [0.717, 1.165) is 12.8 Å². The minimum Gasteiger partial charge on any atom is -0.380 e. The molecular weight excluding hydrogens is 268 g/mol. The number of ether oxygens (including phenoxy) is 1. The summed E-state index contributed by atoms with van der Waals surface area (Å²) in [5.41, 5.74) is -0.711. The smallest absolute Gasteiger partial charge is 0.246 e. The molecule has 0 spiro atoms. The van der Waals surface area contributed by atoms with E-state index in [0.29, 0.717) is 39.0 Å². The molecule has 21 heavy (non-hydrogen) atoms. The van der Waals surface area contributed by atoms with Crippen LogP contribution < -0.4 is 5.32 Å². The largest absolute Gasteiger partial charge is 0.380 e. The molecule has 1 unspecified atom stereocenters. The van der Waals surface area contributed by atoms with E-state index in [9.17, 15) is 9.59 Å². The SMILES string of the molecule is CCCCOCCN1C(=O)C(CC)NC(=O)C1(CC)CC. The average molecular weight is 298 g/mol. The Morgan fingerprint density at radius 2 is 1.81 bits per heavy atom. The molecule has 5 heteroatoms. The van der Waals surface area contributed by atoms with Crippen LogP contribution in [0.1, 0.15) is 59.8 Å². The van der Waals surface area contributed by atoms with Crippen molar-refractivity contribution in [3.05, 3.63) is 0 Å². The first-order valence-corrected chi connectivity index (χ1v) is 8.27. The molecule has 1 atom stereocenters. The van der Waals surface area contributed by atoms with Crippen molar-refractivity contribution in [1.29, 1.82) is 0 Å². The number of carbonyl (C=O) groups is 2. The molecule has 0 aromatic heterocycles. The third-order valence-corrected chi connectivity index (χ3v) is 4.49. The van der Waals surface area contributed by atoms with Gasteiger partial charge in [-0.1, -0.05) is 34.1 Å². The summed E-state index contributed by atoms with van der Waals surface area (Å²) < 4.78 is 5.59. The highest BCUT2D eigenvalue weighted by atomic mass is 16.5. The van der Waals surface area contributed by atoms with Crippen molar-refractivity contribution in [2.45, 2.75) is 71.4 Å². The predicted octanol–water partition coefficient (Wildman–Crippen LogP) is 2.10. The van der Waals surface area contributed by atoms with Crippen LogP contribution >= 0.6 is 0 Å². The number of amides is 2. The first-order valence-electron chi connectivity index (χ1n) is 8.27. The Morgan fingerprint density at radius 1 is 1.14 bits per heavy atom. The van der Waals surface area contributed by atoms with Crippen LogP contribution in [0.3, 0.4) is 0 Å². The highest BCUT2D eigenvalue weighted by Gasteiger charge is 2.49. The van der Waals surface area contributed by atoms with Crippen LogP contribution in [0.25, 0.3) is 0 Å². The Bertz CT molecular complexity index is 353. The molecule has 0 radical (unpaired) electrons. The van der Waals surface area contributed by atoms with E-state index in [-0.39, 0.29) is 17.9 Å². The Hall–Kier alpha value is -1.10. The van der Waals surface area contributed by atoms with E-state index in [1.165, 1.54) is 0 Å². The first kappa shape index (κ1) is 18.0. The Balaban J connectivity index is 2.79. The zero-order valence-corrected chi connectivity index (χ0v) is 13.9. The van der Waals surface area contributed by atoms with Gasteiger partial charge in [0.25, 0.3) is 0 Å². The zero-order chi connectivity index (χ0) is 15.9. The standard InChI is InChI=1S/C16H30N2O3/c1-5-9-11-21-12-10-18-14(19)13(6-2)17-15(20)16(18,7-3)8-4/h13H,5-12H2,1-4H3,(H,17,20). The minimum absolute atomic E-state index is 0.0208. The zero-order valence-electron chi connectivity index (χ0n) is 13.9. The van der Waals surface area contributed by atoms with Gasteiger partial charge in [-0.2, -0.15) is 0 Å². The lowest BCUT2D eigenvalue weighted by atomic mass is 9.85. The lowest BCUT2D eigenvalue weighted by molar-refractivity contribution is -0.159. The van der Waals surface area contributed by atoms with Crippen LogP contribution in [0.4, 0.5) is 0 Å². The summed E-state index contributed by atoms with van der Waals surface area (Å²) in [5.74, 6) is 0.00685.